The second kappa shape index (κ2) is 7.09. The first-order chi connectivity index (χ1) is 9.60. The largest absolute Gasteiger partial charge is 0.338 e. The van der Waals surface area contributed by atoms with E-state index in [1.165, 1.54) is 23.9 Å². The molecule has 2 rings (SSSR count). The minimum Gasteiger partial charge on any atom is -0.338 e. The van der Waals surface area contributed by atoms with Crippen LogP contribution in [-0.2, 0) is 4.79 Å². The predicted octanol–water partition coefficient (Wildman–Crippen LogP) is 2.50. The number of piperidine rings is 1. The van der Waals surface area contributed by atoms with Crippen LogP contribution in [0, 0.1) is 11.7 Å². The van der Waals surface area contributed by atoms with Crippen LogP contribution in [0.2, 0.25) is 0 Å². The molecule has 2 unspecified atom stereocenters. The van der Waals surface area contributed by atoms with Gasteiger partial charge >= 0.3 is 0 Å². The summed E-state index contributed by atoms with van der Waals surface area (Å²) in [5.74, 6) is 0.893. The SMILES string of the molecule is CC1CCN(C(=O)CSc2ccc(F)cc2)C(CN)C1. The molecule has 1 fully saturated rings. The smallest absolute Gasteiger partial charge is 0.233 e. The lowest BCUT2D eigenvalue weighted by Crippen LogP contribution is -2.49. The molecule has 1 aliphatic heterocycles. The molecule has 20 heavy (non-hydrogen) atoms. The number of amides is 1. The van der Waals surface area contributed by atoms with Gasteiger partial charge in [-0.25, -0.2) is 4.39 Å². The summed E-state index contributed by atoms with van der Waals surface area (Å²) in [4.78, 5) is 15.1. The Bertz CT molecular complexity index is 452. The van der Waals surface area contributed by atoms with Crippen molar-refractivity contribution in [3.63, 3.8) is 0 Å². The van der Waals surface area contributed by atoms with Crippen LogP contribution >= 0.6 is 11.8 Å². The lowest BCUT2D eigenvalue weighted by molar-refractivity contribution is -0.132. The summed E-state index contributed by atoms with van der Waals surface area (Å²) in [7, 11) is 0. The number of nitrogens with zero attached hydrogens (tertiary/aromatic N) is 1. The average molecular weight is 296 g/mol. The summed E-state index contributed by atoms with van der Waals surface area (Å²) in [5.41, 5.74) is 5.78. The fourth-order valence-corrected chi connectivity index (χ4v) is 3.35. The Balaban J connectivity index is 1.89. The Labute approximate surface area is 123 Å². The fourth-order valence-electron chi connectivity index (χ4n) is 2.56. The molecule has 0 saturated carbocycles. The van der Waals surface area contributed by atoms with Gasteiger partial charge in [-0.2, -0.15) is 0 Å². The zero-order valence-corrected chi connectivity index (χ0v) is 12.5. The van der Waals surface area contributed by atoms with Gasteiger partial charge in [0.05, 0.1) is 5.75 Å². The third-order valence-corrected chi connectivity index (χ3v) is 4.74. The second-order valence-electron chi connectivity index (χ2n) is 5.35. The molecular formula is C15H21FN2OS. The number of nitrogens with two attached hydrogens (primary N) is 1. The molecule has 1 aromatic carbocycles. The van der Waals surface area contributed by atoms with Crippen LogP contribution in [0.15, 0.2) is 29.2 Å². The second-order valence-corrected chi connectivity index (χ2v) is 6.40. The van der Waals surface area contributed by atoms with E-state index in [0.717, 1.165) is 24.3 Å². The summed E-state index contributed by atoms with van der Waals surface area (Å²) in [6.45, 7) is 3.53. The first-order valence-electron chi connectivity index (χ1n) is 6.98. The first kappa shape index (κ1) is 15.3. The van der Waals surface area contributed by atoms with E-state index in [4.69, 9.17) is 5.73 Å². The number of rotatable bonds is 4. The number of hydrogen-bond acceptors (Lipinski definition) is 3. The van der Waals surface area contributed by atoms with Gasteiger partial charge in [-0.15, -0.1) is 11.8 Å². The van der Waals surface area contributed by atoms with Gasteiger partial charge < -0.3 is 10.6 Å². The molecule has 1 saturated heterocycles. The monoisotopic (exact) mass is 296 g/mol. The number of benzene rings is 1. The number of carbonyl (C=O) groups excluding carboxylic acids is 1. The molecule has 1 aromatic rings. The number of carbonyl (C=O) groups is 1. The van der Waals surface area contributed by atoms with Gasteiger partial charge in [0.2, 0.25) is 5.91 Å². The molecule has 2 N–H and O–H groups in total. The highest BCUT2D eigenvalue weighted by atomic mass is 32.2. The third kappa shape index (κ3) is 3.96. The molecule has 1 heterocycles. The van der Waals surface area contributed by atoms with Crippen molar-refractivity contribution in [1.29, 1.82) is 0 Å². The van der Waals surface area contributed by atoms with E-state index in [1.807, 2.05) is 4.90 Å². The van der Waals surface area contributed by atoms with Gasteiger partial charge in [-0.05, 0) is 43.0 Å². The Hall–Kier alpha value is -1.07. The zero-order chi connectivity index (χ0) is 14.5. The van der Waals surface area contributed by atoms with Crippen molar-refractivity contribution in [3.05, 3.63) is 30.1 Å². The number of likely N-dealkylation sites (tertiary alicyclic amines) is 1. The van der Waals surface area contributed by atoms with Gasteiger partial charge in [-0.1, -0.05) is 6.92 Å². The third-order valence-electron chi connectivity index (χ3n) is 3.75. The number of halogens is 1. The summed E-state index contributed by atoms with van der Waals surface area (Å²) < 4.78 is 12.8. The van der Waals surface area contributed by atoms with Crippen molar-refractivity contribution >= 4 is 17.7 Å². The van der Waals surface area contributed by atoms with Gasteiger partial charge in [0, 0.05) is 24.0 Å². The van der Waals surface area contributed by atoms with E-state index in [9.17, 15) is 9.18 Å². The molecule has 0 aliphatic carbocycles. The lowest BCUT2D eigenvalue weighted by atomic mass is 9.92. The van der Waals surface area contributed by atoms with Crippen LogP contribution in [0.25, 0.3) is 0 Å². The zero-order valence-electron chi connectivity index (χ0n) is 11.7. The Morgan fingerprint density at radius 1 is 1.45 bits per heavy atom. The van der Waals surface area contributed by atoms with Crippen LogP contribution in [-0.4, -0.2) is 35.7 Å². The maximum absolute atomic E-state index is 12.8. The molecule has 5 heteroatoms. The van der Waals surface area contributed by atoms with E-state index >= 15 is 0 Å². The Morgan fingerprint density at radius 2 is 2.15 bits per heavy atom. The van der Waals surface area contributed by atoms with Crippen molar-refractivity contribution in [2.45, 2.75) is 30.7 Å². The van der Waals surface area contributed by atoms with Gasteiger partial charge in [0.15, 0.2) is 0 Å². The van der Waals surface area contributed by atoms with Crippen molar-refractivity contribution < 1.29 is 9.18 Å². The van der Waals surface area contributed by atoms with Crippen LogP contribution in [0.5, 0.6) is 0 Å². The van der Waals surface area contributed by atoms with Crippen molar-refractivity contribution in [1.82, 2.24) is 4.90 Å². The van der Waals surface area contributed by atoms with E-state index in [0.29, 0.717) is 18.2 Å². The minimum atomic E-state index is -0.256. The minimum absolute atomic E-state index is 0.127. The molecule has 0 radical (unpaired) electrons. The highest BCUT2D eigenvalue weighted by molar-refractivity contribution is 8.00. The van der Waals surface area contributed by atoms with E-state index in [2.05, 4.69) is 6.92 Å². The van der Waals surface area contributed by atoms with Crippen LogP contribution in [0.4, 0.5) is 4.39 Å². The van der Waals surface area contributed by atoms with Crippen molar-refractivity contribution in [2.24, 2.45) is 11.7 Å². The molecule has 3 nitrogen and oxygen atoms in total. The predicted molar refractivity (Wildman–Crippen MR) is 80.1 cm³/mol. The van der Waals surface area contributed by atoms with Crippen LogP contribution < -0.4 is 5.73 Å². The highest BCUT2D eigenvalue weighted by Crippen LogP contribution is 2.24. The number of hydrogen-bond donors (Lipinski definition) is 1. The van der Waals surface area contributed by atoms with Crippen molar-refractivity contribution in [2.75, 3.05) is 18.8 Å². The molecule has 2 atom stereocenters. The maximum atomic E-state index is 12.8. The van der Waals surface area contributed by atoms with Gasteiger partial charge in [0.1, 0.15) is 5.82 Å². The Kier molecular flexibility index (Phi) is 5.43. The molecular weight excluding hydrogens is 275 g/mol. The average Bonchev–Trinajstić information content (AvgIpc) is 2.46. The molecule has 0 bridgehead atoms. The first-order valence-corrected chi connectivity index (χ1v) is 7.96. The lowest BCUT2D eigenvalue weighted by Gasteiger charge is -2.38. The fraction of sp³-hybridized carbons (Fsp3) is 0.533. The summed E-state index contributed by atoms with van der Waals surface area (Å²) in [6.07, 6.45) is 2.03. The quantitative estimate of drug-likeness (QED) is 0.868. The van der Waals surface area contributed by atoms with Crippen molar-refractivity contribution in [3.8, 4) is 0 Å². The van der Waals surface area contributed by atoms with E-state index < -0.39 is 0 Å². The van der Waals surface area contributed by atoms with Gasteiger partial charge in [0.25, 0.3) is 0 Å². The van der Waals surface area contributed by atoms with E-state index in [-0.39, 0.29) is 17.8 Å². The summed E-state index contributed by atoms with van der Waals surface area (Å²) in [6, 6.07) is 6.40. The molecule has 0 spiro atoms. The van der Waals surface area contributed by atoms with E-state index in [1.54, 1.807) is 12.1 Å². The maximum Gasteiger partial charge on any atom is 0.233 e. The van der Waals surface area contributed by atoms with Gasteiger partial charge in [-0.3, -0.25) is 4.79 Å². The Morgan fingerprint density at radius 3 is 2.80 bits per heavy atom. The topological polar surface area (TPSA) is 46.3 Å². The molecule has 110 valence electrons. The molecule has 1 aliphatic rings. The standard InChI is InChI=1S/C15H21FN2OS/c1-11-6-7-18(13(8-11)9-17)15(19)10-20-14-4-2-12(16)3-5-14/h2-5,11,13H,6-10,17H2,1H3. The van der Waals surface area contributed by atoms with Crippen LogP contribution in [0.1, 0.15) is 19.8 Å². The number of thioether (sulfide) groups is 1. The van der Waals surface area contributed by atoms with Crippen LogP contribution in [0.3, 0.4) is 0 Å². The summed E-state index contributed by atoms with van der Waals surface area (Å²) in [5, 5.41) is 0. The normalized spacial score (nSPS) is 22.9. The molecule has 1 amide bonds. The summed E-state index contributed by atoms with van der Waals surface area (Å²) >= 11 is 1.45. The highest BCUT2D eigenvalue weighted by Gasteiger charge is 2.28. The molecule has 0 aromatic heterocycles.